The van der Waals surface area contributed by atoms with Crippen molar-refractivity contribution in [3.05, 3.63) is 18.1 Å². The first kappa shape index (κ1) is 14.8. The quantitative estimate of drug-likeness (QED) is 0.674. The lowest BCUT2D eigenvalue weighted by Gasteiger charge is -2.14. The summed E-state index contributed by atoms with van der Waals surface area (Å²) in [6.45, 7) is 0.238. The highest BCUT2D eigenvalue weighted by Gasteiger charge is 2.13. The predicted molar refractivity (Wildman–Crippen MR) is 64.9 cm³/mol. The van der Waals surface area contributed by atoms with E-state index in [-0.39, 0.29) is 18.7 Å². The third-order valence-corrected chi connectivity index (χ3v) is 2.28. The van der Waals surface area contributed by atoms with E-state index in [2.05, 4.69) is 20.0 Å². The van der Waals surface area contributed by atoms with Gasteiger partial charge in [0.15, 0.2) is 5.69 Å². The Morgan fingerprint density at radius 1 is 1.42 bits per heavy atom. The van der Waals surface area contributed by atoms with Crippen LogP contribution in [0.2, 0.25) is 0 Å². The number of carboxylic acids is 1. The summed E-state index contributed by atoms with van der Waals surface area (Å²) in [5.41, 5.74) is 0.0692. The largest absolute Gasteiger partial charge is 0.481 e. The van der Waals surface area contributed by atoms with Crippen molar-refractivity contribution >= 4 is 17.8 Å². The first-order valence-electron chi connectivity index (χ1n) is 5.45. The highest BCUT2D eigenvalue weighted by atomic mass is 16.5. The molecule has 8 nitrogen and oxygen atoms in total. The molecule has 1 heterocycles. The Balaban J connectivity index is 2.61. The summed E-state index contributed by atoms with van der Waals surface area (Å²) in [5.74, 6) is -1.21. The summed E-state index contributed by atoms with van der Waals surface area (Å²) in [7, 11) is 2.67. The molecule has 0 radical (unpaired) electrons. The smallest absolute Gasteiger partial charge is 0.358 e. The van der Waals surface area contributed by atoms with Gasteiger partial charge in [0, 0.05) is 13.7 Å². The Morgan fingerprint density at radius 2 is 2.16 bits per heavy atom. The maximum absolute atomic E-state index is 11.3. The van der Waals surface area contributed by atoms with Gasteiger partial charge in [-0.25, -0.2) is 9.78 Å². The van der Waals surface area contributed by atoms with E-state index in [1.54, 1.807) is 0 Å². The lowest BCUT2D eigenvalue weighted by Crippen LogP contribution is -2.25. The molecule has 0 fully saturated rings. The second-order valence-electron chi connectivity index (χ2n) is 3.62. The molecule has 0 aliphatic heterocycles. The van der Waals surface area contributed by atoms with E-state index in [9.17, 15) is 9.59 Å². The molecule has 0 aromatic carbocycles. The fraction of sp³-hybridized carbons (Fsp3) is 0.455. The number of esters is 1. The molecule has 104 valence electrons. The second kappa shape index (κ2) is 7.27. The minimum absolute atomic E-state index is 0.0692. The molecule has 1 rings (SSSR count). The van der Waals surface area contributed by atoms with E-state index in [1.807, 2.05) is 0 Å². The zero-order valence-electron chi connectivity index (χ0n) is 10.6. The fourth-order valence-electron chi connectivity index (χ4n) is 1.31. The number of aliphatic carboxylic acids is 1. The van der Waals surface area contributed by atoms with Crippen LogP contribution in [0.1, 0.15) is 16.9 Å². The van der Waals surface area contributed by atoms with E-state index in [0.29, 0.717) is 5.82 Å². The Morgan fingerprint density at radius 3 is 2.74 bits per heavy atom. The molecular weight excluding hydrogens is 254 g/mol. The van der Waals surface area contributed by atoms with Crippen LogP contribution in [0.4, 0.5) is 5.82 Å². The zero-order chi connectivity index (χ0) is 14.3. The van der Waals surface area contributed by atoms with Crippen molar-refractivity contribution in [3.8, 4) is 0 Å². The van der Waals surface area contributed by atoms with Gasteiger partial charge in [-0.05, 0) is 0 Å². The molecule has 1 aromatic heterocycles. The van der Waals surface area contributed by atoms with E-state index in [0.717, 1.165) is 0 Å². The Bertz CT molecular complexity index is 452. The Labute approximate surface area is 109 Å². The molecule has 1 atom stereocenters. The first-order chi connectivity index (χ1) is 9.06. The number of hydrogen-bond donors (Lipinski definition) is 2. The van der Waals surface area contributed by atoms with Crippen LogP contribution < -0.4 is 5.32 Å². The number of carbonyl (C=O) groups is 2. The minimum atomic E-state index is -0.956. The zero-order valence-corrected chi connectivity index (χ0v) is 10.6. The van der Waals surface area contributed by atoms with Crippen molar-refractivity contribution in [3.63, 3.8) is 0 Å². The van der Waals surface area contributed by atoms with E-state index < -0.39 is 18.0 Å². The van der Waals surface area contributed by atoms with Crippen molar-refractivity contribution in [1.29, 1.82) is 0 Å². The number of aromatic nitrogens is 2. The third-order valence-electron chi connectivity index (χ3n) is 2.28. The van der Waals surface area contributed by atoms with Gasteiger partial charge >= 0.3 is 11.9 Å². The summed E-state index contributed by atoms with van der Waals surface area (Å²) >= 11 is 0. The highest BCUT2D eigenvalue weighted by molar-refractivity contribution is 5.87. The van der Waals surface area contributed by atoms with Crippen LogP contribution in [0.3, 0.4) is 0 Å². The van der Waals surface area contributed by atoms with Crippen molar-refractivity contribution in [2.24, 2.45) is 0 Å². The first-order valence-corrected chi connectivity index (χ1v) is 5.45. The molecule has 0 aliphatic carbocycles. The summed E-state index contributed by atoms with van der Waals surface area (Å²) < 4.78 is 9.52. The lowest BCUT2D eigenvalue weighted by molar-refractivity contribution is -0.139. The van der Waals surface area contributed by atoms with Gasteiger partial charge in [-0.2, -0.15) is 0 Å². The maximum atomic E-state index is 11.3. The summed E-state index contributed by atoms with van der Waals surface area (Å²) in [6, 6.07) is 0. The molecular formula is C11H15N3O5. The normalized spacial score (nSPS) is 11.7. The van der Waals surface area contributed by atoms with Crippen LogP contribution in [-0.2, 0) is 14.3 Å². The van der Waals surface area contributed by atoms with Gasteiger partial charge in [0.25, 0.3) is 0 Å². The molecule has 2 N–H and O–H groups in total. The van der Waals surface area contributed by atoms with Gasteiger partial charge in [0.2, 0.25) is 0 Å². The van der Waals surface area contributed by atoms with Gasteiger partial charge in [0.1, 0.15) is 5.82 Å². The van der Waals surface area contributed by atoms with E-state index >= 15 is 0 Å². The highest BCUT2D eigenvalue weighted by Crippen LogP contribution is 2.05. The van der Waals surface area contributed by atoms with E-state index in [4.69, 9.17) is 9.84 Å². The van der Waals surface area contributed by atoms with Crippen LogP contribution in [-0.4, -0.2) is 53.9 Å². The SMILES string of the molecule is COC(=O)c1cncc(NCC(CC(=O)O)OC)n1. The number of hydrogen-bond acceptors (Lipinski definition) is 7. The number of nitrogens with zero attached hydrogens (tertiary/aromatic N) is 2. The molecule has 0 bridgehead atoms. The monoisotopic (exact) mass is 269 g/mol. The van der Waals surface area contributed by atoms with Crippen molar-refractivity contribution in [1.82, 2.24) is 9.97 Å². The van der Waals surface area contributed by atoms with Gasteiger partial charge < -0.3 is 19.9 Å². The number of carboxylic acid groups (broad SMARTS) is 1. The summed E-state index contributed by atoms with van der Waals surface area (Å²) in [6.07, 6.45) is 2.07. The van der Waals surface area contributed by atoms with Crippen molar-refractivity contribution in [2.75, 3.05) is 26.1 Å². The van der Waals surface area contributed by atoms with Gasteiger partial charge in [-0.15, -0.1) is 0 Å². The summed E-state index contributed by atoms with van der Waals surface area (Å²) in [4.78, 5) is 29.6. The number of ether oxygens (including phenoxy) is 2. The van der Waals surface area contributed by atoms with Crippen LogP contribution in [0, 0.1) is 0 Å². The van der Waals surface area contributed by atoms with Crippen LogP contribution in [0.15, 0.2) is 12.4 Å². The average Bonchev–Trinajstić information content (AvgIpc) is 2.42. The molecule has 19 heavy (non-hydrogen) atoms. The second-order valence-corrected chi connectivity index (χ2v) is 3.62. The van der Waals surface area contributed by atoms with Crippen LogP contribution >= 0.6 is 0 Å². The van der Waals surface area contributed by atoms with Gasteiger partial charge in [0.05, 0.1) is 32.0 Å². The van der Waals surface area contributed by atoms with Crippen molar-refractivity contribution in [2.45, 2.75) is 12.5 Å². The maximum Gasteiger partial charge on any atom is 0.358 e. The predicted octanol–water partition coefficient (Wildman–Crippen LogP) is 0.165. The number of carbonyl (C=O) groups excluding carboxylic acids is 1. The topological polar surface area (TPSA) is 111 Å². The molecule has 1 aromatic rings. The van der Waals surface area contributed by atoms with Crippen LogP contribution in [0.5, 0.6) is 0 Å². The number of anilines is 1. The Kier molecular flexibility index (Phi) is 5.68. The number of rotatable bonds is 7. The van der Waals surface area contributed by atoms with Gasteiger partial charge in [-0.3, -0.25) is 9.78 Å². The van der Waals surface area contributed by atoms with Gasteiger partial charge in [-0.1, -0.05) is 0 Å². The molecule has 0 amide bonds. The molecule has 1 unspecified atom stereocenters. The molecule has 0 saturated carbocycles. The fourth-order valence-corrected chi connectivity index (χ4v) is 1.31. The molecule has 0 spiro atoms. The standard InChI is InChI=1S/C11H15N3O5/c1-18-7(3-10(15)16)4-13-9-6-12-5-8(14-9)11(17)19-2/h5-7H,3-4H2,1-2H3,(H,13,14)(H,15,16). The van der Waals surface area contributed by atoms with E-state index in [1.165, 1.54) is 26.6 Å². The minimum Gasteiger partial charge on any atom is -0.481 e. The lowest BCUT2D eigenvalue weighted by atomic mass is 10.2. The molecule has 0 saturated heterocycles. The third kappa shape index (κ3) is 4.88. The molecule has 8 heteroatoms. The molecule has 0 aliphatic rings. The Hall–Kier alpha value is -2.22. The summed E-state index contributed by atoms with van der Waals surface area (Å²) in [5, 5.41) is 11.5. The van der Waals surface area contributed by atoms with Crippen molar-refractivity contribution < 1.29 is 24.2 Å². The van der Waals surface area contributed by atoms with Crippen LogP contribution in [0.25, 0.3) is 0 Å². The average molecular weight is 269 g/mol. The number of methoxy groups -OCH3 is 2. The number of nitrogens with one attached hydrogen (secondary N) is 1.